The van der Waals surface area contributed by atoms with Crippen molar-refractivity contribution in [3.63, 3.8) is 0 Å². The lowest BCUT2D eigenvalue weighted by Gasteiger charge is -2.13. The van der Waals surface area contributed by atoms with Crippen molar-refractivity contribution in [2.24, 2.45) is 0 Å². The molecule has 0 fully saturated rings. The van der Waals surface area contributed by atoms with Crippen LogP contribution in [0.5, 0.6) is 28.7 Å². The van der Waals surface area contributed by atoms with Gasteiger partial charge in [-0.3, -0.25) is 0 Å². The van der Waals surface area contributed by atoms with Crippen molar-refractivity contribution in [1.29, 1.82) is 0 Å². The summed E-state index contributed by atoms with van der Waals surface area (Å²) in [6.07, 6.45) is -9.87. The maximum Gasteiger partial charge on any atom is 0.573 e. The van der Waals surface area contributed by atoms with E-state index in [2.05, 4.69) is 9.47 Å². The summed E-state index contributed by atoms with van der Waals surface area (Å²) in [7, 11) is 0. The lowest BCUT2D eigenvalue weighted by molar-refractivity contribution is -0.275. The Bertz CT molecular complexity index is 711. The Labute approximate surface area is 130 Å². The second-order valence-electron chi connectivity index (χ2n) is 4.30. The predicted octanol–water partition coefficient (Wildman–Crippen LogP) is 4.98. The van der Waals surface area contributed by atoms with Crippen LogP contribution in [0.4, 0.5) is 26.3 Å². The van der Waals surface area contributed by atoms with E-state index in [-0.39, 0.29) is 5.75 Å². The topological polar surface area (TPSA) is 47.9 Å². The predicted molar refractivity (Wildman–Crippen MR) is 68.0 cm³/mol. The normalized spacial score (nSPS) is 11.9. The van der Waals surface area contributed by atoms with Crippen LogP contribution in [-0.2, 0) is 0 Å². The third-order valence-corrected chi connectivity index (χ3v) is 2.43. The number of alkyl halides is 6. The number of phenols is 1. The quantitative estimate of drug-likeness (QED) is 0.787. The van der Waals surface area contributed by atoms with Gasteiger partial charge in [0.05, 0.1) is 0 Å². The molecule has 2 aromatic carbocycles. The van der Waals surface area contributed by atoms with E-state index in [1.807, 2.05) is 0 Å². The fraction of sp³-hybridized carbons (Fsp3) is 0.143. The first-order valence-corrected chi connectivity index (χ1v) is 6.14. The molecular formula is C14H8F6O4. The van der Waals surface area contributed by atoms with E-state index in [4.69, 9.17) is 4.74 Å². The Balaban J connectivity index is 2.21. The summed E-state index contributed by atoms with van der Waals surface area (Å²) >= 11 is 0. The fourth-order valence-electron chi connectivity index (χ4n) is 1.64. The van der Waals surface area contributed by atoms with Crippen molar-refractivity contribution in [3.05, 3.63) is 42.5 Å². The zero-order chi connectivity index (χ0) is 18.0. The molecule has 0 unspecified atom stereocenters. The smallest absolute Gasteiger partial charge is 0.504 e. The van der Waals surface area contributed by atoms with Crippen molar-refractivity contribution in [1.82, 2.24) is 0 Å². The first-order chi connectivity index (χ1) is 11.0. The highest BCUT2D eigenvalue weighted by molar-refractivity contribution is 5.47. The van der Waals surface area contributed by atoms with E-state index in [1.54, 1.807) is 0 Å². The van der Waals surface area contributed by atoms with Gasteiger partial charge in [-0.2, -0.15) is 0 Å². The number of halogens is 6. The molecule has 0 atom stereocenters. The maximum atomic E-state index is 12.2. The van der Waals surface area contributed by atoms with Crippen LogP contribution in [0.2, 0.25) is 0 Å². The minimum Gasteiger partial charge on any atom is -0.504 e. The zero-order valence-electron chi connectivity index (χ0n) is 11.5. The van der Waals surface area contributed by atoms with Gasteiger partial charge in [0.1, 0.15) is 17.2 Å². The molecule has 0 bridgehead atoms. The molecule has 10 heteroatoms. The molecule has 0 radical (unpaired) electrons. The Morgan fingerprint density at radius 3 is 1.83 bits per heavy atom. The van der Waals surface area contributed by atoms with Gasteiger partial charge in [-0.1, -0.05) is 6.07 Å². The number of hydrogen-bond acceptors (Lipinski definition) is 4. The SMILES string of the molecule is Oc1ccc(OC(F)(F)F)cc1Oc1cccc(OC(F)(F)F)c1. The van der Waals surface area contributed by atoms with E-state index in [0.717, 1.165) is 30.3 Å². The molecule has 0 spiro atoms. The summed E-state index contributed by atoms with van der Waals surface area (Å²) in [6.45, 7) is 0. The van der Waals surface area contributed by atoms with Gasteiger partial charge in [-0.15, -0.1) is 26.3 Å². The number of hydrogen-bond donors (Lipinski definition) is 1. The van der Waals surface area contributed by atoms with E-state index < -0.39 is 35.7 Å². The van der Waals surface area contributed by atoms with Gasteiger partial charge in [0, 0.05) is 12.1 Å². The largest absolute Gasteiger partial charge is 0.573 e. The molecule has 0 saturated heterocycles. The number of rotatable bonds is 4. The zero-order valence-corrected chi connectivity index (χ0v) is 11.5. The summed E-state index contributed by atoms with van der Waals surface area (Å²) in [4.78, 5) is 0. The van der Waals surface area contributed by atoms with Crippen molar-refractivity contribution in [3.8, 4) is 28.7 Å². The highest BCUT2D eigenvalue weighted by Crippen LogP contribution is 2.37. The highest BCUT2D eigenvalue weighted by atomic mass is 19.4. The number of benzene rings is 2. The van der Waals surface area contributed by atoms with Crippen LogP contribution in [0, 0.1) is 0 Å². The van der Waals surface area contributed by atoms with E-state index in [9.17, 15) is 31.4 Å². The summed E-state index contributed by atoms with van der Waals surface area (Å²) in [5.41, 5.74) is 0. The molecule has 2 rings (SSSR count). The fourth-order valence-corrected chi connectivity index (χ4v) is 1.64. The Morgan fingerprint density at radius 1 is 0.708 bits per heavy atom. The summed E-state index contributed by atoms with van der Waals surface area (Å²) in [6, 6.07) is 6.71. The minimum atomic E-state index is -4.95. The highest BCUT2D eigenvalue weighted by Gasteiger charge is 2.32. The monoisotopic (exact) mass is 354 g/mol. The molecular weight excluding hydrogens is 346 g/mol. The first-order valence-electron chi connectivity index (χ1n) is 6.14. The van der Waals surface area contributed by atoms with Gasteiger partial charge >= 0.3 is 12.7 Å². The van der Waals surface area contributed by atoms with E-state index in [0.29, 0.717) is 0 Å². The Morgan fingerprint density at radius 2 is 1.25 bits per heavy atom. The van der Waals surface area contributed by atoms with Crippen LogP contribution in [-0.4, -0.2) is 17.8 Å². The summed E-state index contributed by atoms with van der Waals surface area (Å²) in [5, 5.41) is 9.58. The van der Waals surface area contributed by atoms with E-state index in [1.165, 1.54) is 12.1 Å². The molecule has 130 valence electrons. The van der Waals surface area contributed by atoms with Crippen molar-refractivity contribution < 1.29 is 45.7 Å². The molecule has 0 aliphatic carbocycles. The first kappa shape index (κ1) is 17.6. The van der Waals surface area contributed by atoms with Crippen molar-refractivity contribution >= 4 is 0 Å². The average Bonchev–Trinajstić information content (AvgIpc) is 2.39. The van der Waals surface area contributed by atoms with Crippen LogP contribution in [0.1, 0.15) is 0 Å². The van der Waals surface area contributed by atoms with Gasteiger partial charge in [-0.25, -0.2) is 0 Å². The Kier molecular flexibility index (Phi) is 4.67. The van der Waals surface area contributed by atoms with Gasteiger partial charge in [-0.05, 0) is 24.3 Å². The van der Waals surface area contributed by atoms with Crippen LogP contribution < -0.4 is 14.2 Å². The van der Waals surface area contributed by atoms with Gasteiger partial charge < -0.3 is 19.3 Å². The number of aromatic hydroxyl groups is 1. The van der Waals surface area contributed by atoms with Crippen molar-refractivity contribution in [2.75, 3.05) is 0 Å². The molecule has 4 nitrogen and oxygen atoms in total. The summed E-state index contributed by atoms with van der Waals surface area (Å²) < 4.78 is 85.4. The number of phenolic OH excluding ortho intramolecular Hbond substituents is 1. The van der Waals surface area contributed by atoms with E-state index >= 15 is 0 Å². The molecule has 1 N–H and O–H groups in total. The average molecular weight is 354 g/mol. The van der Waals surface area contributed by atoms with Crippen LogP contribution in [0.25, 0.3) is 0 Å². The summed E-state index contributed by atoms with van der Waals surface area (Å²) in [5.74, 6) is -2.44. The molecule has 0 aliphatic heterocycles. The second-order valence-corrected chi connectivity index (χ2v) is 4.30. The second kappa shape index (κ2) is 6.38. The third kappa shape index (κ3) is 5.45. The molecule has 2 aromatic rings. The molecule has 0 aromatic heterocycles. The maximum absolute atomic E-state index is 12.2. The minimum absolute atomic E-state index is 0.198. The number of ether oxygens (including phenoxy) is 3. The lowest BCUT2D eigenvalue weighted by atomic mass is 10.3. The van der Waals surface area contributed by atoms with Crippen LogP contribution in [0.3, 0.4) is 0 Å². The van der Waals surface area contributed by atoms with Crippen LogP contribution >= 0.6 is 0 Å². The molecule has 0 heterocycles. The van der Waals surface area contributed by atoms with Gasteiger partial charge in [0.2, 0.25) is 0 Å². The third-order valence-electron chi connectivity index (χ3n) is 2.43. The molecule has 24 heavy (non-hydrogen) atoms. The molecule has 0 saturated carbocycles. The Hall–Kier alpha value is -2.78. The van der Waals surface area contributed by atoms with Crippen LogP contribution in [0.15, 0.2) is 42.5 Å². The van der Waals surface area contributed by atoms with Crippen molar-refractivity contribution in [2.45, 2.75) is 12.7 Å². The van der Waals surface area contributed by atoms with Gasteiger partial charge in [0.25, 0.3) is 0 Å². The molecule has 0 amide bonds. The van der Waals surface area contributed by atoms with Gasteiger partial charge in [0.15, 0.2) is 11.5 Å². The standard InChI is InChI=1S/C14H8F6O4/c15-13(16,17)23-9-3-1-2-8(6-9)22-12-7-10(4-5-11(12)21)24-14(18,19)20/h1-7,21H. The molecule has 0 aliphatic rings. The lowest BCUT2D eigenvalue weighted by Crippen LogP contribution is -2.17.